The van der Waals surface area contributed by atoms with Gasteiger partial charge in [-0.05, 0) is 110 Å². The van der Waals surface area contributed by atoms with Crippen molar-refractivity contribution in [1.29, 1.82) is 0 Å². The van der Waals surface area contributed by atoms with Gasteiger partial charge in [-0.3, -0.25) is 37.9 Å². The number of allylic oxidation sites excluding steroid dienone is 2. The maximum Gasteiger partial charge on any atom is 0.737 e. The summed E-state index contributed by atoms with van der Waals surface area (Å²) in [6.07, 6.45) is 12.9. The van der Waals surface area contributed by atoms with Crippen molar-refractivity contribution in [2.45, 2.75) is 84.7 Å². The molecule has 0 bridgehead atoms. The molecule has 6 heterocycles. The Morgan fingerprint density at radius 3 is 1.91 bits per heavy atom. The number of benzene rings is 2. The second-order valence-electron chi connectivity index (χ2n) is 19.4. The van der Waals surface area contributed by atoms with E-state index in [1.54, 1.807) is 91.0 Å². The fraction of sp³-hybridized carbons (Fsp3) is 0.351. The number of thiophene rings is 1. The molecule has 0 atom stereocenters. The minimum absolute atomic E-state index is 0.0622. The quantitative estimate of drug-likeness (QED) is 0.0233. The summed E-state index contributed by atoms with van der Waals surface area (Å²) in [6.45, 7) is 1.26. The van der Waals surface area contributed by atoms with E-state index in [1.807, 2.05) is 31.4 Å². The van der Waals surface area contributed by atoms with E-state index in [0.717, 1.165) is 19.4 Å². The van der Waals surface area contributed by atoms with Crippen LogP contribution >= 0.6 is 11.3 Å². The van der Waals surface area contributed by atoms with Crippen LogP contribution in [0.2, 0.25) is 0 Å². The predicted molar refractivity (Wildman–Crippen MR) is 308 cm³/mol. The lowest BCUT2D eigenvalue weighted by atomic mass is 9.90. The summed E-state index contributed by atoms with van der Waals surface area (Å²) in [5.74, 6) is 0.00722. The van der Waals surface area contributed by atoms with Crippen LogP contribution in [0.5, 0.6) is 11.5 Å². The number of unbranched alkanes of at least 4 members (excludes halogenated alkanes) is 2. The molecule has 0 unspecified atom stereocenters. The molecule has 20 nitrogen and oxygen atoms in total. The van der Waals surface area contributed by atoms with Crippen molar-refractivity contribution in [1.82, 2.24) is 50.2 Å². The van der Waals surface area contributed by atoms with Crippen LogP contribution in [0.25, 0.3) is 40.8 Å². The first-order chi connectivity index (χ1) is 39.2. The van der Waals surface area contributed by atoms with Gasteiger partial charge >= 0.3 is 12.7 Å². The average Bonchev–Trinajstić information content (AvgIpc) is 4.37. The summed E-state index contributed by atoms with van der Waals surface area (Å²) in [4.78, 5) is 96.1. The lowest BCUT2D eigenvalue weighted by Crippen LogP contribution is -2.50. The number of nitrogens with one attached hydrogen (secondary N) is 6. The van der Waals surface area contributed by atoms with Crippen molar-refractivity contribution in [3.8, 4) is 22.9 Å². The van der Waals surface area contributed by atoms with Gasteiger partial charge in [-0.15, -0.1) is 11.3 Å². The summed E-state index contributed by atoms with van der Waals surface area (Å²) in [5.41, 5.74) is 2.94. The van der Waals surface area contributed by atoms with Crippen molar-refractivity contribution >= 4 is 82.9 Å². The Balaban J connectivity index is 0.609. The number of hydrogen-bond donors (Lipinski definition) is 6. The smallest absolute Gasteiger partial charge is 0.484 e. The summed E-state index contributed by atoms with van der Waals surface area (Å²) >= 11 is 1.42. The third-order valence-electron chi connectivity index (χ3n) is 13.3. The monoisotopic (exact) mass is 1130 g/mol. The molecule has 8 rings (SSSR count). The Bertz CT molecular complexity index is 3470. The molecule has 6 N–H and O–H groups in total. The number of rotatable bonds is 30. The minimum Gasteiger partial charge on any atom is -0.484 e. The Kier molecular flexibility index (Phi) is 20.2. The van der Waals surface area contributed by atoms with Crippen LogP contribution in [0.3, 0.4) is 0 Å². The highest BCUT2D eigenvalue weighted by Crippen LogP contribution is 2.35. The molecule has 0 saturated carbocycles. The molecule has 0 radical (unpaired) electrons. The molecule has 24 heteroatoms. The van der Waals surface area contributed by atoms with Gasteiger partial charge in [0.2, 0.25) is 17.7 Å². The van der Waals surface area contributed by atoms with Gasteiger partial charge in [0.15, 0.2) is 30.3 Å². The van der Waals surface area contributed by atoms with E-state index in [4.69, 9.17) is 9.47 Å². The first-order valence-corrected chi connectivity index (χ1v) is 28.2. The van der Waals surface area contributed by atoms with E-state index >= 15 is 8.63 Å². The number of carbonyl (C=O) groups is 5. The van der Waals surface area contributed by atoms with Crippen LogP contribution in [0.4, 0.5) is 8.63 Å². The normalized spacial score (nSPS) is 13.2. The molecular formula is C57H66BF2N11O9S. The molecule has 426 valence electrons. The van der Waals surface area contributed by atoms with Gasteiger partial charge in [-0.25, -0.2) is 9.78 Å². The van der Waals surface area contributed by atoms with E-state index in [9.17, 15) is 33.6 Å². The highest BCUT2D eigenvalue weighted by molar-refractivity contribution is 7.12. The molecular weight excluding hydrogens is 1060 g/mol. The standard InChI is InChI=1S/C57H66BF2N11O9S/c1-3-33-68-55-53(56(77)69(34-4-2)57(68)78)66-54(67-55)40-16-24-45(25-17-40)80-38-52(76)65-32-31-64-50(74)27-30-63-49(73)12-5-7-28-61-48(72)11-6-8-29-62-51(75)37-79-44-22-14-39(15-23-44)13-18-41-19-20-42-36-43-21-26-46(47-10-9-35-81-47)71(43)58(59,60)70(41)42/h9-10,13-26,35-36H,3-8,11-12,27-34,37-38H2,1-2H3,(H,61,72)(H,62,75)(H,63,73)(H,64,74)(H,65,76)(H,66,67)/b18-13+. The molecule has 0 aliphatic carbocycles. The SMILES string of the molecule is CCCn1c(=O)c2[nH]c(-c3ccc(OCC(=O)NCCNC(=O)CCNC(=O)CCCCNC(=O)CCCCNC(=O)COc4ccc(/C=C/c5ccc6n5[B-](F)(F)[N+]5=C(c7cccs7)C=CC5=C6)cc4)cc3)nc2n(CCC)c1=O. The van der Waals surface area contributed by atoms with Crippen LogP contribution in [0.1, 0.15) is 93.5 Å². The van der Waals surface area contributed by atoms with E-state index in [-0.39, 0.29) is 92.9 Å². The molecule has 81 heavy (non-hydrogen) atoms. The number of ether oxygens (including phenoxy) is 2. The minimum atomic E-state index is -4.15. The van der Waals surface area contributed by atoms with Gasteiger partial charge in [-0.2, -0.15) is 0 Å². The highest BCUT2D eigenvalue weighted by Gasteiger charge is 2.52. The molecule has 5 amide bonds. The van der Waals surface area contributed by atoms with Crippen molar-refractivity contribution in [3.63, 3.8) is 0 Å². The lowest BCUT2D eigenvalue weighted by molar-refractivity contribution is -0.360. The van der Waals surface area contributed by atoms with Gasteiger partial charge in [0.05, 0.1) is 4.88 Å². The maximum atomic E-state index is 16.1. The second-order valence-corrected chi connectivity index (χ2v) is 20.3. The van der Waals surface area contributed by atoms with E-state index < -0.39 is 12.5 Å². The molecule has 0 saturated heterocycles. The number of aromatic nitrogens is 5. The van der Waals surface area contributed by atoms with Crippen molar-refractivity contribution < 1.29 is 46.6 Å². The van der Waals surface area contributed by atoms with Crippen molar-refractivity contribution in [2.75, 3.05) is 45.9 Å². The second kappa shape index (κ2) is 28.0. The number of fused-ring (bicyclic) bond motifs is 3. The predicted octanol–water partition coefficient (Wildman–Crippen LogP) is 5.83. The van der Waals surface area contributed by atoms with Crippen LogP contribution in [-0.4, -0.2) is 116 Å². The molecule has 4 aromatic heterocycles. The number of imidazole rings is 1. The third-order valence-corrected chi connectivity index (χ3v) is 14.2. The summed E-state index contributed by atoms with van der Waals surface area (Å²) in [5, 5.41) is 15.6. The Labute approximate surface area is 470 Å². The maximum absolute atomic E-state index is 16.1. The molecule has 6 aromatic rings. The average molecular weight is 1130 g/mol. The summed E-state index contributed by atoms with van der Waals surface area (Å²) < 4.78 is 48.5. The highest BCUT2D eigenvalue weighted by atomic mass is 32.1. The molecule has 2 aromatic carbocycles. The third kappa shape index (κ3) is 15.2. The molecule has 2 aliphatic rings. The first-order valence-electron chi connectivity index (χ1n) is 27.3. The van der Waals surface area contributed by atoms with Gasteiger partial charge in [0.1, 0.15) is 22.8 Å². The van der Waals surface area contributed by atoms with E-state index in [2.05, 4.69) is 36.6 Å². The van der Waals surface area contributed by atoms with Crippen LogP contribution in [0, 0.1) is 0 Å². The van der Waals surface area contributed by atoms with E-state index in [0.29, 0.717) is 116 Å². The van der Waals surface area contributed by atoms with Crippen molar-refractivity contribution in [2.24, 2.45) is 0 Å². The van der Waals surface area contributed by atoms with Crippen molar-refractivity contribution in [3.05, 3.63) is 139 Å². The Morgan fingerprint density at radius 2 is 1.27 bits per heavy atom. The van der Waals surface area contributed by atoms with Crippen LogP contribution in [-0.2, 0) is 37.1 Å². The molecule has 0 spiro atoms. The molecule has 2 aliphatic heterocycles. The topological polar surface area (TPSA) is 245 Å². The number of aryl methyl sites for hydroxylation is 1. The molecule has 0 fully saturated rings. The number of aromatic amines is 1. The van der Waals surface area contributed by atoms with Gasteiger partial charge in [0, 0.05) is 100 Å². The number of H-pyrrole nitrogens is 1. The zero-order chi connectivity index (χ0) is 57.3. The fourth-order valence-electron chi connectivity index (χ4n) is 9.29. The number of amides is 5. The fourth-order valence-corrected chi connectivity index (χ4v) is 10.0. The first kappa shape index (κ1) is 58.5. The van der Waals surface area contributed by atoms with Gasteiger partial charge in [-0.1, -0.05) is 38.1 Å². The number of nitrogens with zero attached hydrogens (tertiary/aromatic N) is 5. The van der Waals surface area contributed by atoms with Gasteiger partial charge in [0.25, 0.3) is 17.4 Å². The lowest BCUT2D eigenvalue weighted by Gasteiger charge is -2.30. The number of hydrogen-bond acceptors (Lipinski definition) is 11. The largest absolute Gasteiger partial charge is 0.737 e. The number of carbonyl (C=O) groups excluding carboxylic acids is 5. The van der Waals surface area contributed by atoms with Crippen LogP contribution in [0.15, 0.2) is 106 Å². The van der Waals surface area contributed by atoms with Crippen LogP contribution < -0.4 is 47.3 Å². The number of halogens is 2. The summed E-state index contributed by atoms with van der Waals surface area (Å²) in [6, 6.07) is 20.8. The van der Waals surface area contributed by atoms with Gasteiger partial charge < -0.3 is 58.6 Å². The van der Waals surface area contributed by atoms with E-state index in [1.165, 1.54) is 20.5 Å². The summed E-state index contributed by atoms with van der Waals surface area (Å²) in [7, 11) is 0. The Hall–Kier alpha value is -8.67. The zero-order valence-electron chi connectivity index (χ0n) is 45.3. The Morgan fingerprint density at radius 1 is 0.679 bits per heavy atom. The zero-order valence-corrected chi connectivity index (χ0v) is 46.1.